The molecule has 0 bridgehead atoms. The van der Waals surface area contributed by atoms with Crippen LogP contribution in [0.5, 0.6) is 5.75 Å². The zero-order chi connectivity index (χ0) is 21.5. The van der Waals surface area contributed by atoms with E-state index in [0.717, 1.165) is 11.3 Å². The molecular weight excluding hydrogens is 386 g/mol. The van der Waals surface area contributed by atoms with Gasteiger partial charge in [0.1, 0.15) is 12.4 Å². The summed E-state index contributed by atoms with van der Waals surface area (Å²) in [4.78, 5) is 49.7. The van der Waals surface area contributed by atoms with Crippen molar-refractivity contribution in [3.8, 4) is 5.75 Å². The molecule has 3 rings (SSSR count). The van der Waals surface area contributed by atoms with Gasteiger partial charge in [-0.2, -0.15) is 0 Å². The van der Waals surface area contributed by atoms with Crippen molar-refractivity contribution in [3.63, 3.8) is 0 Å². The molecule has 30 heavy (non-hydrogen) atoms. The van der Waals surface area contributed by atoms with Crippen molar-refractivity contribution in [2.24, 2.45) is 0 Å². The third kappa shape index (κ3) is 4.92. The van der Waals surface area contributed by atoms with Crippen molar-refractivity contribution in [2.45, 2.75) is 26.2 Å². The van der Waals surface area contributed by atoms with Gasteiger partial charge in [0.2, 0.25) is 0 Å². The molecule has 0 radical (unpaired) electrons. The standard InChI is InChI=1S/C23H23NO6/c1-2-14-29-17-9-7-16(8-10-17)20(25)11-12-21(26)30-15-13-24-22(27)18-5-3-4-6-19(18)23(24)28/h3-10H,2,11-15H2,1H3. The first-order chi connectivity index (χ1) is 14.5. The lowest BCUT2D eigenvalue weighted by Gasteiger charge is -2.13. The maximum absolute atomic E-state index is 12.2. The van der Waals surface area contributed by atoms with Crippen LogP contribution in [0.3, 0.4) is 0 Å². The van der Waals surface area contributed by atoms with Crippen molar-refractivity contribution in [2.75, 3.05) is 19.8 Å². The lowest BCUT2D eigenvalue weighted by Crippen LogP contribution is -2.33. The molecule has 0 saturated heterocycles. The van der Waals surface area contributed by atoms with E-state index in [2.05, 4.69) is 0 Å². The van der Waals surface area contributed by atoms with E-state index in [1.165, 1.54) is 0 Å². The monoisotopic (exact) mass is 409 g/mol. The summed E-state index contributed by atoms with van der Waals surface area (Å²) < 4.78 is 10.6. The summed E-state index contributed by atoms with van der Waals surface area (Å²) in [6.07, 6.45) is 0.839. The molecule has 0 aliphatic carbocycles. The molecule has 1 aliphatic heterocycles. The first-order valence-electron chi connectivity index (χ1n) is 9.88. The number of esters is 1. The van der Waals surface area contributed by atoms with E-state index in [9.17, 15) is 19.2 Å². The second-order valence-corrected chi connectivity index (χ2v) is 6.82. The van der Waals surface area contributed by atoms with Gasteiger partial charge in [0, 0.05) is 12.0 Å². The normalized spacial score (nSPS) is 12.6. The highest BCUT2D eigenvalue weighted by molar-refractivity contribution is 6.21. The zero-order valence-electron chi connectivity index (χ0n) is 16.8. The number of carbonyl (C=O) groups excluding carboxylic acids is 4. The number of hydrogen-bond acceptors (Lipinski definition) is 6. The Kier molecular flexibility index (Phi) is 6.95. The van der Waals surface area contributed by atoms with Gasteiger partial charge in [-0.1, -0.05) is 19.1 Å². The van der Waals surface area contributed by atoms with Crippen molar-refractivity contribution >= 4 is 23.6 Å². The van der Waals surface area contributed by atoms with E-state index in [-0.39, 0.29) is 31.8 Å². The smallest absolute Gasteiger partial charge is 0.306 e. The highest BCUT2D eigenvalue weighted by Gasteiger charge is 2.34. The largest absolute Gasteiger partial charge is 0.494 e. The van der Waals surface area contributed by atoms with Crippen LogP contribution in [0, 0.1) is 0 Å². The van der Waals surface area contributed by atoms with E-state index in [0.29, 0.717) is 29.0 Å². The van der Waals surface area contributed by atoms with E-state index < -0.39 is 17.8 Å². The Morgan fingerprint density at radius 3 is 2.10 bits per heavy atom. The van der Waals surface area contributed by atoms with Crippen molar-refractivity contribution in [3.05, 3.63) is 65.2 Å². The lowest BCUT2D eigenvalue weighted by molar-refractivity contribution is -0.143. The van der Waals surface area contributed by atoms with Crippen LogP contribution >= 0.6 is 0 Å². The highest BCUT2D eigenvalue weighted by atomic mass is 16.5. The molecule has 2 aromatic rings. The molecule has 0 fully saturated rings. The molecule has 7 nitrogen and oxygen atoms in total. The summed E-state index contributed by atoms with van der Waals surface area (Å²) in [5.74, 6) is -0.820. The summed E-state index contributed by atoms with van der Waals surface area (Å²) >= 11 is 0. The van der Waals surface area contributed by atoms with E-state index in [1.54, 1.807) is 48.5 Å². The zero-order valence-corrected chi connectivity index (χ0v) is 16.8. The van der Waals surface area contributed by atoms with Crippen molar-refractivity contribution < 1.29 is 28.7 Å². The predicted octanol–water partition coefficient (Wildman–Crippen LogP) is 3.28. The first-order valence-corrected chi connectivity index (χ1v) is 9.88. The van der Waals surface area contributed by atoms with E-state index >= 15 is 0 Å². The molecule has 0 N–H and O–H groups in total. The molecule has 0 unspecified atom stereocenters. The number of nitrogens with zero attached hydrogens (tertiary/aromatic N) is 1. The second kappa shape index (κ2) is 9.82. The van der Waals surface area contributed by atoms with Crippen molar-refractivity contribution in [1.82, 2.24) is 4.90 Å². The average Bonchev–Trinajstić information content (AvgIpc) is 3.01. The fourth-order valence-electron chi connectivity index (χ4n) is 3.08. The van der Waals surface area contributed by atoms with Crippen LogP contribution in [0.2, 0.25) is 0 Å². The van der Waals surface area contributed by atoms with Gasteiger partial charge in [-0.25, -0.2) is 0 Å². The number of imide groups is 1. The minimum Gasteiger partial charge on any atom is -0.494 e. The topological polar surface area (TPSA) is 90.0 Å². The molecule has 7 heteroatoms. The quantitative estimate of drug-likeness (QED) is 0.340. The van der Waals surface area contributed by atoms with Gasteiger partial charge in [-0.3, -0.25) is 24.1 Å². The highest BCUT2D eigenvalue weighted by Crippen LogP contribution is 2.22. The summed E-state index contributed by atoms with van der Waals surface area (Å²) in [5, 5.41) is 0. The molecule has 0 saturated carbocycles. The molecule has 1 aliphatic rings. The Bertz CT molecular complexity index is 915. The number of fused-ring (bicyclic) bond motifs is 1. The van der Waals surface area contributed by atoms with Gasteiger partial charge in [-0.15, -0.1) is 0 Å². The van der Waals surface area contributed by atoms with Crippen LogP contribution in [0.1, 0.15) is 57.3 Å². The summed E-state index contributed by atoms with van der Waals surface area (Å²) in [6, 6.07) is 13.4. The van der Waals surface area contributed by atoms with Gasteiger partial charge in [0.25, 0.3) is 11.8 Å². The third-order valence-electron chi connectivity index (χ3n) is 4.66. The summed E-state index contributed by atoms with van der Waals surface area (Å²) in [6.45, 7) is 2.49. The van der Waals surface area contributed by atoms with Crippen LogP contribution < -0.4 is 4.74 Å². The molecule has 0 atom stereocenters. The van der Waals surface area contributed by atoms with Crippen LogP contribution in [0.25, 0.3) is 0 Å². The van der Waals surface area contributed by atoms with Gasteiger partial charge in [-0.05, 0) is 42.8 Å². The number of ketones is 1. The van der Waals surface area contributed by atoms with E-state index in [4.69, 9.17) is 9.47 Å². The molecule has 0 aromatic heterocycles. The summed E-state index contributed by atoms with van der Waals surface area (Å²) in [7, 11) is 0. The molecule has 2 aromatic carbocycles. The van der Waals surface area contributed by atoms with Crippen LogP contribution in [0.15, 0.2) is 48.5 Å². The number of Topliss-reactive ketones (excluding diaryl/α,β-unsaturated/α-hetero) is 1. The van der Waals surface area contributed by atoms with Crippen molar-refractivity contribution in [1.29, 1.82) is 0 Å². The van der Waals surface area contributed by atoms with Gasteiger partial charge >= 0.3 is 5.97 Å². The Morgan fingerprint density at radius 1 is 0.867 bits per heavy atom. The second-order valence-electron chi connectivity index (χ2n) is 6.82. The fourth-order valence-corrected chi connectivity index (χ4v) is 3.08. The number of amides is 2. The van der Waals surface area contributed by atoms with Gasteiger partial charge < -0.3 is 9.47 Å². The Morgan fingerprint density at radius 2 is 1.50 bits per heavy atom. The number of carbonyl (C=O) groups is 4. The number of benzene rings is 2. The number of rotatable bonds is 10. The van der Waals surface area contributed by atoms with Gasteiger partial charge in [0.05, 0.1) is 30.7 Å². The maximum atomic E-state index is 12.2. The average molecular weight is 409 g/mol. The Hall–Kier alpha value is -3.48. The fraction of sp³-hybridized carbons (Fsp3) is 0.304. The molecule has 156 valence electrons. The SMILES string of the molecule is CCCOc1ccc(C(=O)CCC(=O)OCCN2C(=O)c3ccccc3C2=O)cc1. The van der Waals surface area contributed by atoms with Gasteiger partial charge in [0.15, 0.2) is 5.78 Å². The minimum atomic E-state index is -0.553. The molecule has 2 amide bonds. The van der Waals surface area contributed by atoms with Crippen LogP contribution in [0.4, 0.5) is 0 Å². The predicted molar refractivity (Wildman–Crippen MR) is 109 cm³/mol. The van der Waals surface area contributed by atoms with Crippen LogP contribution in [-0.2, 0) is 9.53 Å². The Balaban J connectivity index is 1.41. The summed E-state index contributed by atoms with van der Waals surface area (Å²) in [5.41, 5.74) is 1.20. The first kappa shape index (κ1) is 21.2. The Labute approximate surface area is 174 Å². The minimum absolute atomic E-state index is 0.0149. The molecular formula is C23H23NO6. The maximum Gasteiger partial charge on any atom is 0.306 e. The van der Waals surface area contributed by atoms with E-state index in [1.807, 2.05) is 6.92 Å². The lowest BCUT2D eigenvalue weighted by atomic mass is 10.1. The number of hydrogen-bond donors (Lipinski definition) is 0. The molecule has 0 spiro atoms. The third-order valence-corrected chi connectivity index (χ3v) is 4.66. The number of ether oxygens (including phenoxy) is 2. The molecule has 1 heterocycles. The van der Waals surface area contributed by atoms with Crippen LogP contribution in [-0.4, -0.2) is 48.2 Å².